The number of aromatic carboxylic acids is 1. The van der Waals surface area contributed by atoms with Gasteiger partial charge in [0, 0.05) is 24.9 Å². The molecule has 0 unspecified atom stereocenters. The molecule has 12 N–H and O–H groups in total. The second-order valence-corrected chi connectivity index (χ2v) is 19.4. The quantitative estimate of drug-likeness (QED) is 0.0295. The van der Waals surface area contributed by atoms with Gasteiger partial charge in [-0.05, 0) is 138 Å². The maximum absolute atomic E-state index is 12.7. The van der Waals surface area contributed by atoms with E-state index in [1.807, 2.05) is 27.7 Å². The van der Waals surface area contributed by atoms with E-state index in [1.165, 1.54) is 0 Å². The minimum absolute atomic E-state index is 0.0180. The van der Waals surface area contributed by atoms with Gasteiger partial charge in [-0.3, -0.25) is 14.4 Å². The molecular formula is C54H89N6O17+. The van der Waals surface area contributed by atoms with Gasteiger partial charge in [0.2, 0.25) is 0 Å². The lowest BCUT2D eigenvalue weighted by Gasteiger charge is -2.27. The Balaban J connectivity index is -0.00000116. The van der Waals surface area contributed by atoms with Crippen molar-refractivity contribution in [1.29, 1.82) is 0 Å². The van der Waals surface area contributed by atoms with E-state index in [0.29, 0.717) is 49.9 Å². The van der Waals surface area contributed by atoms with E-state index in [0.717, 1.165) is 6.42 Å². The SMILES string of the molecule is CC.CC.CC(C)(C)OC(=O)CC[C@H](NC(=O)N[C@@H](CCCC[NH3+])C(=O)OC(C)(C)C)C(=O)OC(C)(C)C.O=C(O)CC[C@H](NC(=O)N[C@@H](CCCCNC(=O)c1ccccc1)C(=O)O)C(=O)O.O=C(O)c1ccccc1. The van der Waals surface area contributed by atoms with Gasteiger partial charge in [0.1, 0.15) is 41.0 Å². The van der Waals surface area contributed by atoms with Crippen LogP contribution < -0.4 is 32.3 Å². The molecule has 2 aromatic carbocycles. The van der Waals surface area contributed by atoms with Gasteiger partial charge >= 0.3 is 53.8 Å². The Morgan fingerprint density at radius 1 is 0.481 bits per heavy atom. The van der Waals surface area contributed by atoms with Crippen molar-refractivity contribution in [1.82, 2.24) is 26.6 Å². The number of esters is 3. The third-order valence-electron chi connectivity index (χ3n) is 9.16. The van der Waals surface area contributed by atoms with Crippen LogP contribution in [0.3, 0.4) is 0 Å². The van der Waals surface area contributed by atoms with Crippen LogP contribution >= 0.6 is 0 Å². The zero-order valence-electron chi connectivity index (χ0n) is 47.4. The van der Waals surface area contributed by atoms with E-state index in [2.05, 4.69) is 32.3 Å². The first-order valence-electron chi connectivity index (χ1n) is 25.7. The number of urea groups is 2. The minimum Gasteiger partial charge on any atom is -0.481 e. The molecule has 23 heteroatoms. The number of carboxylic acid groups (broad SMARTS) is 4. The molecule has 4 atom stereocenters. The molecule has 0 saturated heterocycles. The summed E-state index contributed by atoms with van der Waals surface area (Å²) in [6, 6.07) is 10.4. The number of carbonyl (C=O) groups is 10. The van der Waals surface area contributed by atoms with Crippen molar-refractivity contribution >= 4 is 59.8 Å². The number of rotatable bonds is 25. The van der Waals surface area contributed by atoms with Crippen LogP contribution in [-0.4, -0.2) is 134 Å². The van der Waals surface area contributed by atoms with Gasteiger partial charge in [-0.25, -0.2) is 33.6 Å². The smallest absolute Gasteiger partial charge is 0.335 e. The van der Waals surface area contributed by atoms with Crippen LogP contribution in [0.4, 0.5) is 9.59 Å². The predicted octanol–water partition coefficient (Wildman–Crippen LogP) is 6.33. The third kappa shape index (κ3) is 40.7. The topological polar surface area (TPSA) is 367 Å². The first kappa shape index (κ1) is 73.9. The summed E-state index contributed by atoms with van der Waals surface area (Å²) < 4.78 is 16.1. The Kier molecular flexibility index (Phi) is 38.4. The van der Waals surface area contributed by atoms with Crippen LogP contribution in [0.5, 0.6) is 0 Å². The molecule has 0 saturated carbocycles. The number of hydrogen-bond acceptors (Lipinski definition) is 13. The van der Waals surface area contributed by atoms with Gasteiger partial charge in [-0.15, -0.1) is 0 Å². The van der Waals surface area contributed by atoms with Gasteiger partial charge in [-0.2, -0.15) is 0 Å². The Morgan fingerprint density at radius 2 is 0.844 bits per heavy atom. The lowest BCUT2D eigenvalue weighted by molar-refractivity contribution is -0.368. The van der Waals surface area contributed by atoms with Crippen LogP contribution in [-0.2, 0) is 43.0 Å². The highest BCUT2D eigenvalue weighted by Crippen LogP contribution is 2.15. The summed E-state index contributed by atoms with van der Waals surface area (Å²) in [6.07, 6.45) is 1.84. The van der Waals surface area contributed by atoms with Gasteiger partial charge in [0.15, 0.2) is 0 Å². The number of carbonyl (C=O) groups excluding carboxylic acids is 6. The molecule has 2 rings (SSSR count). The van der Waals surface area contributed by atoms with Crippen molar-refractivity contribution in [2.75, 3.05) is 13.1 Å². The summed E-state index contributed by atoms with van der Waals surface area (Å²) in [6.45, 7) is 24.6. The number of ether oxygens (including phenoxy) is 3. The molecule has 23 nitrogen and oxygen atoms in total. The Labute approximate surface area is 453 Å². The van der Waals surface area contributed by atoms with E-state index in [9.17, 15) is 53.1 Å². The van der Waals surface area contributed by atoms with E-state index < -0.39 is 101 Å². The van der Waals surface area contributed by atoms with Gasteiger partial charge in [0.25, 0.3) is 5.91 Å². The van der Waals surface area contributed by atoms with E-state index in [4.69, 9.17) is 29.5 Å². The molecule has 2 aromatic rings. The highest BCUT2D eigenvalue weighted by molar-refractivity contribution is 5.94. The Hall–Kier alpha value is -7.30. The first-order valence-corrected chi connectivity index (χ1v) is 25.7. The molecule has 0 aliphatic rings. The van der Waals surface area contributed by atoms with E-state index >= 15 is 0 Å². The van der Waals surface area contributed by atoms with Crippen LogP contribution in [0.1, 0.15) is 175 Å². The van der Waals surface area contributed by atoms with Crippen molar-refractivity contribution in [2.24, 2.45) is 0 Å². The number of hydrogen-bond donors (Lipinski definition) is 10. The van der Waals surface area contributed by atoms with Crippen LogP contribution in [0.2, 0.25) is 0 Å². The highest BCUT2D eigenvalue weighted by atomic mass is 16.6. The second kappa shape index (κ2) is 40.0. The molecule has 0 bridgehead atoms. The van der Waals surface area contributed by atoms with Crippen LogP contribution in [0.25, 0.3) is 0 Å². The average Bonchev–Trinajstić information content (AvgIpc) is 3.33. The summed E-state index contributed by atoms with van der Waals surface area (Å²) in [5.41, 5.74) is 2.46. The molecule has 5 amide bonds. The number of unbranched alkanes of at least 4 members (excludes halogenated alkanes) is 2. The van der Waals surface area contributed by atoms with Crippen molar-refractivity contribution < 1.29 is 88.3 Å². The Morgan fingerprint density at radius 3 is 1.22 bits per heavy atom. The minimum atomic E-state index is -1.45. The third-order valence-corrected chi connectivity index (χ3v) is 9.16. The maximum Gasteiger partial charge on any atom is 0.335 e. The van der Waals surface area contributed by atoms with Crippen molar-refractivity contribution in [3.8, 4) is 0 Å². The van der Waals surface area contributed by atoms with E-state index in [1.54, 1.807) is 123 Å². The predicted molar refractivity (Wildman–Crippen MR) is 288 cm³/mol. The number of benzene rings is 2. The fraction of sp³-hybridized carbons (Fsp3) is 0.593. The van der Waals surface area contributed by atoms with E-state index in [-0.39, 0.29) is 31.6 Å². The number of quaternary nitrogens is 1. The molecule has 0 aliphatic carbocycles. The molecule has 0 heterocycles. The van der Waals surface area contributed by atoms with Gasteiger partial charge in [0.05, 0.1) is 12.1 Å². The van der Waals surface area contributed by atoms with Gasteiger partial charge < -0.3 is 67.0 Å². The second-order valence-electron chi connectivity index (χ2n) is 19.4. The average molecular weight is 1090 g/mol. The fourth-order valence-corrected chi connectivity index (χ4v) is 5.87. The summed E-state index contributed by atoms with van der Waals surface area (Å²) >= 11 is 0. The highest BCUT2D eigenvalue weighted by Gasteiger charge is 2.32. The lowest BCUT2D eigenvalue weighted by atomic mass is 10.1. The maximum atomic E-state index is 12.7. The fourth-order valence-electron chi connectivity index (χ4n) is 5.87. The number of amides is 5. The molecule has 0 spiro atoms. The first-order chi connectivity index (χ1) is 35.8. The summed E-state index contributed by atoms with van der Waals surface area (Å²) in [5, 5.41) is 47.3. The largest absolute Gasteiger partial charge is 0.481 e. The van der Waals surface area contributed by atoms with Crippen molar-refractivity contribution in [2.45, 2.75) is 195 Å². The van der Waals surface area contributed by atoms with Gasteiger partial charge in [-0.1, -0.05) is 64.1 Å². The summed E-state index contributed by atoms with van der Waals surface area (Å²) in [4.78, 5) is 117. The van der Waals surface area contributed by atoms with Crippen molar-refractivity contribution in [3.63, 3.8) is 0 Å². The number of carboxylic acids is 4. The standard InChI is InChI=1S/C24H45N3O7.C19H25N3O8.C7H6O2.2C2H6/c1-22(2,3)32-18(28)14-13-17(20(30)34-24(7,8)9)27-21(31)26-16(12-10-11-15-25)19(29)33-23(4,5)6;23-15(24)10-9-14(18(28)29)22-19(30)21-13(17(26)27)8-4-5-11-20-16(25)12-6-2-1-3-7-12;8-7(9)6-4-2-1-3-5-6;2*1-2/h16-17H,10-15,25H2,1-9H3,(H2,26,27,31);1-3,6-7,13-14H,4-5,8-11H2,(H,20,25)(H,23,24)(H,26,27)(H,28,29)(H2,21,22,30);1-5H,(H,8,9);2*1-2H3/p+1/t16-,17-;13-,14-;;;/m00.../s1. The lowest BCUT2D eigenvalue weighted by Crippen LogP contribution is -2.53. The Bertz CT molecular complexity index is 2090. The monoisotopic (exact) mass is 1090 g/mol. The molecule has 77 heavy (non-hydrogen) atoms. The zero-order chi connectivity index (χ0) is 60.0. The molecular weight excluding hydrogens is 1000 g/mol. The molecule has 0 radical (unpaired) electrons. The molecule has 0 fully saturated rings. The molecule has 0 aromatic heterocycles. The van der Waals surface area contributed by atoms with Crippen LogP contribution in [0.15, 0.2) is 60.7 Å². The zero-order valence-corrected chi connectivity index (χ0v) is 47.4. The number of nitrogens with one attached hydrogen (secondary N) is 5. The van der Waals surface area contributed by atoms with Crippen molar-refractivity contribution in [3.05, 3.63) is 71.8 Å². The summed E-state index contributed by atoms with van der Waals surface area (Å²) in [5.74, 6) is -6.80. The summed E-state index contributed by atoms with van der Waals surface area (Å²) in [7, 11) is 0. The number of aliphatic carboxylic acids is 3. The molecule has 436 valence electrons. The molecule has 0 aliphatic heterocycles. The normalized spacial score (nSPS) is 12.1. The van der Waals surface area contributed by atoms with Crippen LogP contribution in [0, 0.1) is 0 Å².